The molecular formula is C12H17ClN2O. The van der Waals surface area contributed by atoms with Crippen LogP contribution in [0, 0.1) is 0 Å². The van der Waals surface area contributed by atoms with Crippen molar-refractivity contribution in [3.8, 4) is 0 Å². The molecule has 1 rings (SSSR count). The molecule has 0 aliphatic carbocycles. The Morgan fingerprint density at radius 1 is 1.38 bits per heavy atom. The quantitative estimate of drug-likeness (QED) is 0.877. The van der Waals surface area contributed by atoms with E-state index in [4.69, 9.17) is 17.3 Å². The Bertz CT molecular complexity index is 381. The number of benzene rings is 1. The lowest BCUT2D eigenvalue weighted by atomic mass is 10.1. The first-order valence-corrected chi connectivity index (χ1v) is 5.58. The lowest BCUT2D eigenvalue weighted by Crippen LogP contribution is -2.41. The second kappa shape index (κ2) is 5.32. The molecule has 1 aromatic rings. The highest BCUT2D eigenvalue weighted by Crippen LogP contribution is 2.27. The van der Waals surface area contributed by atoms with Crippen LogP contribution in [0.1, 0.15) is 25.5 Å². The van der Waals surface area contributed by atoms with E-state index in [9.17, 15) is 4.79 Å². The minimum atomic E-state index is -0.332. The van der Waals surface area contributed by atoms with Gasteiger partial charge in [0.05, 0.1) is 6.04 Å². The highest BCUT2D eigenvalue weighted by Gasteiger charge is 2.22. The summed E-state index contributed by atoms with van der Waals surface area (Å²) in [5, 5.41) is 0.707. The van der Waals surface area contributed by atoms with Crippen LogP contribution in [-0.2, 0) is 4.79 Å². The van der Waals surface area contributed by atoms with E-state index in [0.717, 1.165) is 5.56 Å². The lowest BCUT2D eigenvalue weighted by molar-refractivity contribution is -0.122. The topological polar surface area (TPSA) is 46.3 Å². The molecule has 0 radical (unpaired) electrons. The standard InChI is InChI=1S/C12H17ClN2O/c1-8(15(3)9(2)12(14)16)10-6-4-5-7-11(10)13/h4-9H,1-3H3,(H2,14,16). The number of likely N-dealkylation sites (N-methyl/N-ethyl adjacent to an activating group) is 1. The smallest absolute Gasteiger partial charge is 0.234 e. The van der Waals surface area contributed by atoms with Crippen molar-refractivity contribution in [3.05, 3.63) is 34.9 Å². The Morgan fingerprint density at radius 2 is 1.94 bits per heavy atom. The van der Waals surface area contributed by atoms with Crippen molar-refractivity contribution in [1.82, 2.24) is 4.90 Å². The molecule has 0 saturated carbocycles. The summed E-state index contributed by atoms with van der Waals surface area (Å²) < 4.78 is 0. The maximum absolute atomic E-state index is 11.1. The van der Waals surface area contributed by atoms with E-state index < -0.39 is 0 Å². The van der Waals surface area contributed by atoms with Crippen molar-refractivity contribution in [2.75, 3.05) is 7.05 Å². The fourth-order valence-corrected chi connectivity index (χ4v) is 1.86. The van der Waals surface area contributed by atoms with Gasteiger partial charge in [0.15, 0.2) is 0 Å². The Hall–Kier alpha value is -1.06. The van der Waals surface area contributed by atoms with Crippen LogP contribution in [0.25, 0.3) is 0 Å². The summed E-state index contributed by atoms with van der Waals surface area (Å²) >= 11 is 6.10. The third kappa shape index (κ3) is 2.74. The molecule has 2 atom stereocenters. The normalized spacial score (nSPS) is 14.8. The van der Waals surface area contributed by atoms with E-state index in [1.165, 1.54) is 0 Å². The van der Waals surface area contributed by atoms with Crippen molar-refractivity contribution >= 4 is 17.5 Å². The molecule has 16 heavy (non-hydrogen) atoms. The maximum atomic E-state index is 11.1. The molecule has 0 aliphatic rings. The van der Waals surface area contributed by atoms with Crippen LogP contribution in [0.5, 0.6) is 0 Å². The molecule has 1 amide bonds. The molecule has 0 heterocycles. The monoisotopic (exact) mass is 240 g/mol. The summed E-state index contributed by atoms with van der Waals surface area (Å²) in [7, 11) is 1.86. The number of hydrogen-bond acceptors (Lipinski definition) is 2. The molecule has 0 aliphatic heterocycles. The zero-order valence-corrected chi connectivity index (χ0v) is 10.5. The number of primary amides is 1. The van der Waals surface area contributed by atoms with Gasteiger partial charge in [0.2, 0.25) is 5.91 Å². The number of halogens is 1. The first-order valence-electron chi connectivity index (χ1n) is 5.20. The van der Waals surface area contributed by atoms with Crippen LogP contribution in [0.3, 0.4) is 0 Å². The molecule has 4 heteroatoms. The fourth-order valence-electron chi connectivity index (χ4n) is 1.57. The number of carbonyl (C=O) groups excluding carboxylic acids is 1. The number of hydrogen-bond donors (Lipinski definition) is 1. The van der Waals surface area contributed by atoms with Gasteiger partial charge in [-0.1, -0.05) is 29.8 Å². The predicted molar refractivity (Wildman–Crippen MR) is 66.3 cm³/mol. The average Bonchev–Trinajstić information content (AvgIpc) is 2.26. The Morgan fingerprint density at radius 3 is 2.44 bits per heavy atom. The summed E-state index contributed by atoms with van der Waals surface area (Å²) in [4.78, 5) is 13.0. The van der Waals surface area contributed by atoms with Gasteiger partial charge in [-0.3, -0.25) is 9.69 Å². The Kier molecular flexibility index (Phi) is 4.33. The molecule has 88 valence electrons. The summed E-state index contributed by atoms with van der Waals surface area (Å²) in [6.07, 6.45) is 0. The Labute approximate surface area is 101 Å². The molecule has 1 aromatic carbocycles. The minimum absolute atomic E-state index is 0.0520. The summed E-state index contributed by atoms with van der Waals surface area (Å²) in [6, 6.07) is 7.35. The van der Waals surface area contributed by atoms with Crippen LogP contribution in [-0.4, -0.2) is 23.9 Å². The number of carbonyl (C=O) groups is 1. The third-order valence-electron chi connectivity index (χ3n) is 2.99. The zero-order chi connectivity index (χ0) is 12.3. The van der Waals surface area contributed by atoms with Crippen LogP contribution in [0.2, 0.25) is 5.02 Å². The van der Waals surface area contributed by atoms with Crippen molar-refractivity contribution in [1.29, 1.82) is 0 Å². The van der Waals surface area contributed by atoms with E-state index in [1.807, 2.05) is 43.1 Å². The number of rotatable bonds is 4. The largest absolute Gasteiger partial charge is 0.368 e. The van der Waals surface area contributed by atoms with Gasteiger partial charge in [0.1, 0.15) is 0 Å². The van der Waals surface area contributed by atoms with Gasteiger partial charge in [-0.05, 0) is 32.5 Å². The second-order valence-electron chi connectivity index (χ2n) is 3.94. The number of nitrogens with two attached hydrogens (primary N) is 1. The first kappa shape index (κ1) is 13.0. The van der Waals surface area contributed by atoms with Crippen molar-refractivity contribution in [2.45, 2.75) is 25.9 Å². The number of amides is 1. The van der Waals surface area contributed by atoms with Crippen molar-refractivity contribution in [2.24, 2.45) is 5.73 Å². The van der Waals surface area contributed by atoms with Gasteiger partial charge in [0, 0.05) is 11.1 Å². The zero-order valence-electron chi connectivity index (χ0n) is 9.77. The minimum Gasteiger partial charge on any atom is -0.368 e. The summed E-state index contributed by atoms with van der Waals surface area (Å²) in [5.74, 6) is -0.332. The van der Waals surface area contributed by atoms with Gasteiger partial charge < -0.3 is 5.73 Å². The molecule has 0 bridgehead atoms. The summed E-state index contributed by atoms with van der Waals surface area (Å²) in [6.45, 7) is 3.79. The van der Waals surface area contributed by atoms with Crippen LogP contribution in [0.15, 0.2) is 24.3 Å². The fraction of sp³-hybridized carbons (Fsp3) is 0.417. The average molecular weight is 241 g/mol. The van der Waals surface area contributed by atoms with Gasteiger partial charge in [-0.2, -0.15) is 0 Å². The van der Waals surface area contributed by atoms with Gasteiger partial charge in [0.25, 0.3) is 0 Å². The van der Waals surface area contributed by atoms with E-state index in [-0.39, 0.29) is 18.0 Å². The summed E-state index contributed by atoms with van der Waals surface area (Å²) in [5.41, 5.74) is 6.28. The van der Waals surface area contributed by atoms with E-state index in [2.05, 4.69) is 0 Å². The first-order chi connectivity index (χ1) is 7.45. The molecule has 2 N–H and O–H groups in total. The molecule has 2 unspecified atom stereocenters. The highest BCUT2D eigenvalue weighted by atomic mass is 35.5. The maximum Gasteiger partial charge on any atom is 0.234 e. The van der Waals surface area contributed by atoms with Crippen LogP contribution in [0.4, 0.5) is 0 Å². The van der Waals surface area contributed by atoms with Gasteiger partial charge in [-0.15, -0.1) is 0 Å². The molecule has 0 aromatic heterocycles. The Balaban J connectivity index is 2.90. The third-order valence-corrected chi connectivity index (χ3v) is 3.33. The SMILES string of the molecule is CC(C(N)=O)N(C)C(C)c1ccccc1Cl. The molecule has 0 spiro atoms. The van der Waals surface area contributed by atoms with Crippen LogP contribution >= 0.6 is 11.6 Å². The lowest BCUT2D eigenvalue weighted by Gasteiger charge is -2.29. The molecular weight excluding hydrogens is 224 g/mol. The van der Waals surface area contributed by atoms with E-state index in [0.29, 0.717) is 5.02 Å². The van der Waals surface area contributed by atoms with Gasteiger partial charge >= 0.3 is 0 Å². The number of nitrogens with zero attached hydrogens (tertiary/aromatic N) is 1. The van der Waals surface area contributed by atoms with Crippen molar-refractivity contribution in [3.63, 3.8) is 0 Å². The van der Waals surface area contributed by atoms with Crippen molar-refractivity contribution < 1.29 is 4.79 Å². The molecule has 3 nitrogen and oxygen atoms in total. The predicted octanol–water partition coefficient (Wildman–Crippen LogP) is 2.21. The highest BCUT2D eigenvalue weighted by molar-refractivity contribution is 6.31. The van der Waals surface area contributed by atoms with Crippen LogP contribution < -0.4 is 5.73 Å². The van der Waals surface area contributed by atoms with E-state index >= 15 is 0 Å². The van der Waals surface area contributed by atoms with E-state index in [1.54, 1.807) is 6.92 Å². The second-order valence-corrected chi connectivity index (χ2v) is 4.35. The molecule has 0 fully saturated rings. The molecule has 0 saturated heterocycles. The van der Waals surface area contributed by atoms with Gasteiger partial charge in [-0.25, -0.2) is 0 Å².